The molecule has 0 bridgehead atoms. The van der Waals surface area contributed by atoms with Crippen LogP contribution in [0.2, 0.25) is 0 Å². The van der Waals surface area contributed by atoms with Crippen LogP contribution >= 0.6 is 0 Å². The number of oxazole rings is 1. The van der Waals surface area contributed by atoms with Crippen LogP contribution in [0.5, 0.6) is 0 Å². The Morgan fingerprint density at radius 2 is 2.00 bits per heavy atom. The number of carbonyl (C=O) groups excluding carboxylic acids is 1. The second-order valence-corrected chi connectivity index (χ2v) is 7.36. The molecule has 2 atom stereocenters. The third kappa shape index (κ3) is 3.33. The minimum Gasteiger partial charge on any atom is -0.441 e. The van der Waals surface area contributed by atoms with Crippen molar-refractivity contribution in [3.63, 3.8) is 0 Å². The topological polar surface area (TPSA) is 46.3 Å². The average Bonchev–Trinajstić information content (AvgIpc) is 3.04. The zero-order valence-corrected chi connectivity index (χ0v) is 14.2. The number of fused-ring (bicyclic) bond motifs is 2. The summed E-state index contributed by atoms with van der Waals surface area (Å²) < 4.78 is 5.73. The number of piperidine rings is 1. The maximum atomic E-state index is 12.5. The molecule has 2 aliphatic rings. The summed E-state index contributed by atoms with van der Waals surface area (Å²) in [5, 5.41) is 0. The molecule has 2 aromatic rings. The Hall–Kier alpha value is -1.84. The van der Waals surface area contributed by atoms with Gasteiger partial charge in [-0.2, -0.15) is 0 Å². The zero-order valence-electron chi connectivity index (χ0n) is 14.2. The molecule has 1 aliphatic carbocycles. The van der Waals surface area contributed by atoms with Gasteiger partial charge in [0.1, 0.15) is 5.52 Å². The van der Waals surface area contributed by atoms with Gasteiger partial charge in [-0.1, -0.05) is 31.4 Å². The summed E-state index contributed by atoms with van der Waals surface area (Å²) in [6.07, 6.45) is 8.80. The number of amides is 1. The van der Waals surface area contributed by atoms with E-state index in [1.165, 1.54) is 32.1 Å². The van der Waals surface area contributed by atoms with Gasteiger partial charge >= 0.3 is 0 Å². The average molecular weight is 326 g/mol. The molecule has 128 valence electrons. The Bertz CT molecular complexity index is 675. The maximum Gasteiger partial charge on any atom is 0.222 e. The van der Waals surface area contributed by atoms with Crippen LogP contribution < -0.4 is 0 Å². The standard InChI is InChI=1S/C20H26N2O2/c23-20(22-13-12-15-6-1-2-7-16(15)14-22)11-5-10-19-21-17-8-3-4-9-18(17)24-19/h3-4,8-9,15-16H,1-2,5-7,10-14H2/t15-,16-/m1/s1. The minimum atomic E-state index is 0.315. The van der Waals surface area contributed by atoms with Gasteiger partial charge in [-0.3, -0.25) is 4.79 Å². The third-order valence-electron chi connectivity index (χ3n) is 5.76. The molecular formula is C20H26N2O2. The Labute approximate surface area is 143 Å². The fourth-order valence-electron chi connectivity index (χ4n) is 4.40. The van der Waals surface area contributed by atoms with E-state index < -0.39 is 0 Å². The molecule has 0 unspecified atom stereocenters. The van der Waals surface area contributed by atoms with Gasteiger partial charge < -0.3 is 9.32 Å². The zero-order chi connectivity index (χ0) is 16.4. The van der Waals surface area contributed by atoms with Gasteiger partial charge in [-0.05, 0) is 43.2 Å². The summed E-state index contributed by atoms with van der Waals surface area (Å²) in [6, 6.07) is 7.82. The molecule has 1 amide bonds. The third-order valence-corrected chi connectivity index (χ3v) is 5.76. The highest BCUT2D eigenvalue weighted by atomic mass is 16.3. The van der Waals surface area contributed by atoms with Gasteiger partial charge in [-0.15, -0.1) is 0 Å². The first-order valence-corrected chi connectivity index (χ1v) is 9.42. The van der Waals surface area contributed by atoms with Crippen molar-refractivity contribution < 1.29 is 9.21 Å². The van der Waals surface area contributed by atoms with E-state index in [9.17, 15) is 4.79 Å². The molecule has 1 saturated heterocycles. The molecule has 2 heterocycles. The fraction of sp³-hybridized carbons (Fsp3) is 0.600. The van der Waals surface area contributed by atoms with Crippen molar-refractivity contribution in [3.8, 4) is 0 Å². The molecule has 4 heteroatoms. The van der Waals surface area contributed by atoms with E-state index in [0.717, 1.165) is 54.8 Å². The SMILES string of the molecule is O=C(CCCc1nc2ccccc2o1)N1CC[C@H]2CCCC[C@@H]2C1. The summed E-state index contributed by atoms with van der Waals surface area (Å²) in [6.45, 7) is 1.95. The number of aromatic nitrogens is 1. The quantitative estimate of drug-likeness (QED) is 0.846. The van der Waals surface area contributed by atoms with E-state index in [1.807, 2.05) is 24.3 Å². The molecule has 4 nitrogen and oxygen atoms in total. The number of hydrogen-bond acceptors (Lipinski definition) is 3. The number of aryl methyl sites for hydroxylation is 1. The summed E-state index contributed by atoms with van der Waals surface area (Å²) in [5.41, 5.74) is 1.73. The van der Waals surface area contributed by atoms with E-state index in [0.29, 0.717) is 12.3 Å². The Morgan fingerprint density at radius 3 is 2.88 bits per heavy atom. The highest BCUT2D eigenvalue weighted by Crippen LogP contribution is 2.36. The van der Waals surface area contributed by atoms with Crippen molar-refractivity contribution >= 4 is 17.0 Å². The largest absolute Gasteiger partial charge is 0.441 e. The molecule has 1 saturated carbocycles. The molecule has 0 N–H and O–H groups in total. The van der Waals surface area contributed by atoms with Crippen LogP contribution in [0.25, 0.3) is 11.1 Å². The molecule has 2 fully saturated rings. The molecule has 24 heavy (non-hydrogen) atoms. The number of para-hydroxylation sites is 2. The van der Waals surface area contributed by atoms with Gasteiger partial charge in [0.05, 0.1) is 0 Å². The molecule has 4 rings (SSSR count). The second-order valence-electron chi connectivity index (χ2n) is 7.36. The van der Waals surface area contributed by atoms with Gasteiger partial charge in [-0.25, -0.2) is 4.98 Å². The van der Waals surface area contributed by atoms with Crippen LogP contribution in [0.3, 0.4) is 0 Å². The summed E-state index contributed by atoms with van der Waals surface area (Å²) in [7, 11) is 0. The molecule has 1 aromatic carbocycles. The van der Waals surface area contributed by atoms with Crippen molar-refractivity contribution in [1.29, 1.82) is 0 Å². The number of benzene rings is 1. The summed E-state index contributed by atoms with van der Waals surface area (Å²) in [4.78, 5) is 19.1. The van der Waals surface area contributed by atoms with E-state index in [1.54, 1.807) is 0 Å². The lowest BCUT2D eigenvalue weighted by atomic mass is 9.75. The second kappa shape index (κ2) is 6.96. The number of carbonyl (C=O) groups is 1. The van der Waals surface area contributed by atoms with Crippen molar-refractivity contribution in [2.75, 3.05) is 13.1 Å². The van der Waals surface area contributed by atoms with Crippen molar-refractivity contribution in [1.82, 2.24) is 9.88 Å². The van der Waals surface area contributed by atoms with Crippen LogP contribution in [-0.2, 0) is 11.2 Å². The first-order chi connectivity index (χ1) is 11.8. The van der Waals surface area contributed by atoms with Crippen molar-refractivity contribution in [2.45, 2.75) is 51.4 Å². The van der Waals surface area contributed by atoms with E-state index in [-0.39, 0.29) is 0 Å². The predicted molar refractivity (Wildman–Crippen MR) is 93.6 cm³/mol. The minimum absolute atomic E-state index is 0.315. The van der Waals surface area contributed by atoms with Gasteiger partial charge in [0, 0.05) is 25.9 Å². The predicted octanol–water partition coefficient (Wildman–Crippen LogP) is 4.19. The van der Waals surface area contributed by atoms with Crippen LogP contribution in [0.1, 0.15) is 50.8 Å². The first kappa shape index (κ1) is 15.7. The number of nitrogens with zero attached hydrogens (tertiary/aromatic N) is 2. The van der Waals surface area contributed by atoms with Gasteiger partial charge in [0.2, 0.25) is 5.91 Å². The number of hydrogen-bond donors (Lipinski definition) is 0. The van der Waals surface area contributed by atoms with Crippen molar-refractivity contribution in [2.24, 2.45) is 11.8 Å². The Kier molecular flexibility index (Phi) is 4.54. The lowest BCUT2D eigenvalue weighted by molar-refractivity contribution is -0.134. The van der Waals surface area contributed by atoms with Gasteiger partial charge in [0.25, 0.3) is 0 Å². The summed E-state index contributed by atoms with van der Waals surface area (Å²) >= 11 is 0. The maximum absolute atomic E-state index is 12.5. The fourth-order valence-corrected chi connectivity index (χ4v) is 4.40. The first-order valence-electron chi connectivity index (χ1n) is 9.42. The molecule has 0 radical (unpaired) electrons. The van der Waals surface area contributed by atoms with Gasteiger partial charge in [0.15, 0.2) is 11.5 Å². The van der Waals surface area contributed by atoms with Crippen LogP contribution in [-0.4, -0.2) is 28.9 Å². The molecule has 1 aromatic heterocycles. The lowest BCUT2D eigenvalue weighted by Gasteiger charge is -2.41. The molecule has 0 spiro atoms. The van der Waals surface area contributed by atoms with Crippen LogP contribution in [0, 0.1) is 11.8 Å². The van der Waals surface area contributed by atoms with E-state index in [4.69, 9.17) is 4.42 Å². The Morgan fingerprint density at radius 1 is 1.17 bits per heavy atom. The van der Waals surface area contributed by atoms with Crippen molar-refractivity contribution in [3.05, 3.63) is 30.2 Å². The molecular weight excluding hydrogens is 300 g/mol. The number of likely N-dealkylation sites (tertiary alicyclic amines) is 1. The monoisotopic (exact) mass is 326 g/mol. The molecule has 1 aliphatic heterocycles. The smallest absolute Gasteiger partial charge is 0.222 e. The Balaban J connectivity index is 1.27. The van der Waals surface area contributed by atoms with E-state index >= 15 is 0 Å². The van der Waals surface area contributed by atoms with E-state index in [2.05, 4.69) is 9.88 Å². The highest BCUT2D eigenvalue weighted by molar-refractivity contribution is 5.76. The summed E-state index contributed by atoms with van der Waals surface area (Å²) in [5.74, 6) is 2.70. The highest BCUT2D eigenvalue weighted by Gasteiger charge is 2.32. The number of rotatable bonds is 4. The normalized spacial score (nSPS) is 24.1. The van der Waals surface area contributed by atoms with Crippen LogP contribution in [0.4, 0.5) is 0 Å². The van der Waals surface area contributed by atoms with Crippen LogP contribution in [0.15, 0.2) is 28.7 Å². The lowest BCUT2D eigenvalue weighted by Crippen LogP contribution is -2.44.